The number of hydrogen-bond acceptors (Lipinski definition) is 2. The Kier molecular flexibility index (Phi) is 3.53. The number of nitrogens with one attached hydrogen (secondary N) is 1. The molecular weight excluding hydrogens is 317 g/mol. The van der Waals surface area contributed by atoms with Crippen LogP contribution < -0.4 is 5.32 Å². The minimum absolute atomic E-state index is 0.245. The van der Waals surface area contributed by atoms with Gasteiger partial charge in [-0.3, -0.25) is 4.79 Å². The molecule has 124 valence electrons. The number of rotatable bonds is 2. The highest BCUT2D eigenvalue weighted by atomic mass is 19.1. The summed E-state index contributed by atoms with van der Waals surface area (Å²) in [7, 11) is 0. The van der Waals surface area contributed by atoms with Crippen molar-refractivity contribution < 1.29 is 13.6 Å². The first-order valence-corrected chi connectivity index (χ1v) is 8.03. The quantitative estimate of drug-likeness (QED) is 0.519. The predicted molar refractivity (Wildman–Crippen MR) is 97.5 cm³/mol. The van der Waals surface area contributed by atoms with Crippen molar-refractivity contribution in [1.29, 1.82) is 0 Å². The van der Waals surface area contributed by atoms with Crippen molar-refractivity contribution in [3.8, 4) is 0 Å². The summed E-state index contributed by atoms with van der Waals surface area (Å²) < 4.78 is 19.4. The Labute approximate surface area is 144 Å². The molecule has 1 amide bonds. The zero-order chi connectivity index (χ0) is 17.6. The number of aryl methyl sites for hydroxylation is 2. The van der Waals surface area contributed by atoms with E-state index in [0.717, 1.165) is 27.3 Å². The van der Waals surface area contributed by atoms with E-state index in [-0.39, 0.29) is 11.7 Å². The summed E-state index contributed by atoms with van der Waals surface area (Å²) in [5.74, 6) is -0.533. The molecule has 0 aliphatic carbocycles. The van der Waals surface area contributed by atoms with Gasteiger partial charge in [-0.15, -0.1) is 0 Å². The number of hydrogen-bond donors (Lipinski definition) is 1. The summed E-state index contributed by atoms with van der Waals surface area (Å²) in [6.07, 6.45) is 0. The Morgan fingerprint density at radius 3 is 2.64 bits per heavy atom. The Morgan fingerprint density at radius 2 is 1.80 bits per heavy atom. The van der Waals surface area contributed by atoms with Crippen LogP contribution in [0.4, 0.5) is 10.1 Å². The molecule has 4 heteroatoms. The van der Waals surface area contributed by atoms with E-state index in [1.807, 2.05) is 50.2 Å². The molecule has 0 atom stereocenters. The van der Waals surface area contributed by atoms with Crippen LogP contribution in [-0.4, -0.2) is 5.91 Å². The van der Waals surface area contributed by atoms with Crippen LogP contribution in [-0.2, 0) is 0 Å². The van der Waals surface area contributed by atoms with Crippen molar-refractivity contribution in [2.45, 2.75) is 13.8 Å². The van der Waals surface area contributed by atoms with Gasteiger partial charge < -0.3 is 9.73 Å². The SMILES string of the molecule is Cc1ccc(F)cc1NC(=O)c1oc2c(ccc3ccccc32)c1C. The van der Waals surface area contributed by atoms with Crippen LogP contribution in [0.3, 0.4) is 0 Å². The summed E-state index contributed by atoms with van der Waals surface area (Å²) in [6.45, 7) is 3.67. The average Bonchev–Trinajstić information content (AvgIpc) is 2.95. The van der Waals surface area contributed by atoms with Crippen molar-refractivity contribution in [2.75, 3.05) is 5.32 Å². The molecule has 4 aromatic rings. The predicted octanol–water partition coefficient (Wildman–Crippen LogP) is 5.59. The number of benzene rings is 3. The van der Waals surface area contributed by atoms with Crippen LogP contribution in [0.15, 0.2) is 59.0 Å². The number of carbonyl (C=O) groups is 1. The van der Waals surface area contributed by atoms with E-state index in [1.54, 1.807) is 6.07 Å². The van der Waals surface area contributed by atoms with Gasteiger partial charge in [0.15, 0.2) is 5.76 Å². The van der Waals surface area contributed by atoms with Gasteiger partial charge in [0.2, 0.25) is 0 Å². The Balaban J connectivity index is 1.81. The van der Waals surface area contributed by atoms with Crippen molar-refractivity contribution in [3.05, 3.63) is 77.3 Å². The number of amides is 1. The fraction of sp³-hybridized carbons (Fsp3) is 0.0952. The summed E-state index contributed by atoms with van der Waals surface area (Å²) >= 11 is 0. The Morgan fingerprint density at radius 1 is 1.00 bits per heavy atom. The molecule has 25 heavy (non-hydrogen) atoms. The highest BCUT2D eigenvalue weighted by Gasteiger charge is 2.19. The van der Waals surface area contributed by atoms with Gasteiger partial charge in [-0.1, -0.05) is 42.5 Å². The second-order valence-electron chi connectivity index (χ2n) is 6.13. The molecule has 0 saturated carbocycles. The lowest BCUT2D eigenvalue weighted by molar-refractivity contribution is 0.0998. The monoisotopic (exact) mass is 333 g/mol. The van der Waals surface area contributed by atoms with Crippen LogP contribution in [0.25, 0.3) is 21.7 Å². The lowest BCUT2D eigenvalue weighted by atomic mass is 10.1. The minimum Gasteiger partial charge on any atom is -0.450 e. The molecule has 1 aromatic heterocycles. The van der Waals surface area contributed by atoms with Crippen LogP contribution in [0, 0.1) is 19.7 Å². The first-order chi connectivity index (χ1) is 12.0. The van der Waals surface area contributed by atoms with E-state index in [1.165, 1.54) is 12.1 Å². The fourth-order valence-electron chi connectivity index (χ4n) is 3.07. The lowest BCUT2D eigenvalue weighted by Crippen LogP contribution is -2.13. The zero-order valence-corrected chi connectivity index (χ0v) is 13.9. The van der Waals surface area contributed by atoms with E-state index in [0.29, 0.717) is 11.3 Å². The maximum absolute atomic E-state index is 13.4. The fourth-order valence-corrected chi connectivity index (χ4v) is 3.07. The van der Waals surface area contributed by atoms with Gasteiger partial charge in [0.1, 0.15) is 11.4 Å². The Hall–Kier alpha value is -3.14. The second-order valence-corrected chi connectivity index (χ2v) is 6.13. The van der Waals surface area contributed by atoms with E-state index in [4.69, 9.17) is 4.42 Å². The number of furan rings is 1. The van der Waals surface area contributed by atoms with Gasteiger partial charge in [-0.05, 0) is 36.9 Å². The summed E-state index contributed by atoms with van der Waals surface area (Å²) in [6, 6.07) is 16.1. The van der Waals surface area contributed by atoms with Crippen LogP contribution in [0.2, 0.25) is 0 Å². The van der Waals surface area contributed by atoms with E-state index in [2.05, 4.69) is 5.32 Å². The van der Waals surface area contributed by atoms with Crippen LogP contribution in [0.5, 0.6) is 0 Å². The molecule has 0 bridgehead atoms. The van der Waals surface area contributed by atoms with Crippen molar-refractivity contribution in [2.24, 2.45) is 0 Å². The molecule has 0 saturated heterocycles. The molecule has 0 radical (unpaired) electrons. The minimum atomic E-state index is -0.395. The standard InChI is InChI=1S/C21H16FNO2/c1-12-7-9-15(22)11-18(12)23-21(24)19-13(2)16-10-8-14-5-3-4-6-17(14)20(16)25-19/h3-11H,1-2H3,(H,23,24). The highest BCUT2D eigenvalue weighted by Crippen LogP contribution is 2.32. The van der Waals surface area contributed by atoms with Crippen LogP contribution in [0.1, 0.15) is 21.7 Å². The molecule has 0 aliphatic rings. The second kappa shape index (κ2) is 5.74. The topological polar surface area (TPSA) is 42.2 Å². The van der Waals surface area contributed by atoms with Gasteiger partial charge in [0.05, 0.1) is 0 Å². The number of fused-ring (bicyclic) bond motifs is 3. The normalized spacial score (nSPS) is 11.2. The first kappa shape index (κ1) is 15.4. The molecule has 0 aliphatic heterocycles. The van der Waals surface area contributed by atoms with E-state index in [9.17, 15) is 9.18 Å². The molecule has 0 spiro atoms. The van der Waals surface area contributed by atoms with Crippen molar-refractivity contribution >= 4 is 33.3 Å². The highest BCUT2D eigenvalue weighted by molar-refractivity contribution is 6.11. The molecule has 0 unspecified atom stereocenters. The summed E-state index contributed by atoms with van der Waals surface area (Å²) in [5.41, 5.74) is 2.69. The molecule has 0 fully saturated rings. The van der Waals surface area contributed by atoms with E-state index >= 15 is 0 Å². The summed E-state index contributed by atoms with van der Waals surface area (Å²) in [4.78, 5) is 12.7. The summed E-state index contributed by atoms with van der Waals surface area (Å²) in [5, 5.41) is 5.66. The van der Waals surface area contributed by atoms with Gasteiger partial charge >= 0.3 is 0 Å². The molecule has 1 heterocycles. The maximum atomic E-state index is 13.4. The third kappa shape index (κ3) is 2.56. The number of halogens is 1. The molecule has 3 aromatic carbocycles. The Bertz CT molecular complexity index is 1130. The average molecular weight is 333 g/mol. The van der Waals surface area contributed by atoms with Crippen molar-refractivity contribution in [1.82, 2.24) is 0 Å². The zero-order valence-electron chi connectivity index (χ0n) is 13.9. The molecular formula is C21H16FNO2. The smallest absolute Gasteiger partial charge is 0.291 e. The molecule has 3 nitrogen and oxygen atoms in total. The molecule has 1 N–H and O–H groups in total. The van der Waals surface area contributed by atoms with Crippen LogP contribution >= 0.6 is 0 Å². The van der Waals surface area contributed by atoms with E-state index < -0.39 is 5.82 Å². The maximum Gasteiger partial charge on any atom is 0.291 e. The number of carbonyl (C=O) groups excluding carboxylic acids is 1. The largest absolute Gasteiger partial charge is 0.450 e. The molecule has 4 rings (SSSR count). The van der Waals surface area contributed by atoms with Gasteiger partial charge in [-0.25, -0.2) is 4.39 Å². The van der Waals surface area contributed by atoms with Gasteiger partial charge in [-0.2, -0.15) is 0 Å². The van der Waals surface area contributed by atoms with Gasteiger partial charge in [0, 0.05) is 22.0 Å². The van der Waals surface area contributed by atoms with Crippen molar-refractivity contribution in [3.63, 3.8) is 0 Å². The lowest BCUT2D eigenvalue weighted by Gasteiger charge is -2.07. The number of anilines is 1. The van der Waals surface area contributed by atoms with Gasteiger partial charge in [0.25, 0.3) is 5.91 Å². The first-order valence-electron chi connectivity index (χ1n) is 8.03. The third-order valence-electron chi connectivity index (χ3n) is 4.48. The third-order valence-corrected chi connectivity index (χ3v) is 4.48.